The van der Waals surface area contributed by atoms with E-state index in [2.05, 4.69) is 15.9 Å². The number of benzene rings is 2. The van der Waals surface area contributed by atoms with Crippen LogP contribution in [0, 0.1) is 24.4 Å². The van der Waals surface area contributed by atoms with Gasteiger partial charge in [-0.1, -0.05) is 34.1 Å². The highest BCUT2D eigenvalue weighted by Crippen LogP contribution is 2.35. The smallest absolute Gasteiger partial charge is 0.133 e. The van der Waals surface area contributed by atoms with Gasteiger partial charge in [0.2, 0.25) is 0 Å². The molecule has 0 saturated carbocycles. The summed E-state index contributed by atoms with van der Waals surface area (Å²) in [6.45, 7) is 1.57. The molecule has 94 valence electrons. The Bertz CT molecular complexity index is 564. The Labute approximate surface area is 112 Å². The first-order valence-corrected chi connectivity index (χ1v) is 6.26. The van der Waals surface area contributed by atoms with E-state index < -0.39 is 16.5 Å². The van der Waals surface area contributed by atoms with Crippen molar-refractivity contribution in [2.45, 2.75) is 11.8 Å². The summed E-state index contributed by atoms with van der Waals surface area (Å²) in [5.41, 5.74) is 0.916. The molecular weight excluding hydrogens is 305 g/mol. The van der Waals surface area contributed by atoms with E-state index >= 15 is 0 Å². The molecule has 1 unspecified atom stereocenters. The van der Waals surface area contributed by atoms with Crippen molar-refractivity contribution in [3.63, 3.8) is 0 Å². The van der Waals surface area contributed by atoms with E-state index in [1.165, 1.54) is 36.4 Å². The number of hydrogen-bond acceptors (Lipinski definition) is 0. The summed E-state index contributed by atoms with van der Waals surface area (Å²) in [6.07, 6.45) is 0. The van der Waals surface area contributed by atoms with Gasteiger partial charge in [0.25, 0.3) is 0 Å². The van der Waals surface area contributed by atoms with Crippen LogP contribution < -0.4 is 0 Å². The molecule has 0 N–H and O–H groups in total. The highest BCUT2D eigenvalue weighted by molar-refractivity contribution is 9.09. The lowest BCUT2D eigenvalue weighted by Gasteiger charge is -2.14. The molecule has 0 fully saturated rings. The zero-order valence-electron chi connectivity index (χ0n) is 9.55. The predicted octanol–water partition coefficient (Wildman–Crippen LogP) is 4.90. The third-order valence-corrected chi connectivity index (χ3v) is 3.72. The van der Waals surface area contributed by atoms with Crippen molar-refractivity contribution in [2.75, 3.05) is 0 Å². The first-order chi connectivity index (χ1) is 8.50. The van der Waals surface area contributed by atoms with Crippen LogP contribution in [0.3, 0.4) is 0 Å². The van der Waals surface area contributed by atoms with Crippen LogP contribution in [0.15, 0.2) is 36.4 Å². The quantitative estimate of drug-likeness (QED) is 0.692. The number of alkyl halides is 1. The Morgan fingerprint density at radius 3 is 2.17 bits per heavy atom. The van der Waals surface area contributed by atoms with Gasteiger partial charge in [-0.3, -0.25) is 0 Å². The molecule has 2 aromatic carbocycles. The van der Waals surface area contributed by atoms with E-state index in [0.717, 1.165) is 0 Å². The molecule has 0 aliphatic carbocycles. The summed E-state index contributed by atoms with van der Waals surface area (Å²) in [4.78, 5) is -0.641. The van der Waals surface area contributed by atoms with Crippen LogP contribution in [-0.4, -0.2) is 0 Å². The topological polar surface area (TPSA) is 0 Å². The SMILES string of the molecule is Cc1ccc(F)c(C(Br)c2ccc(F)cc2)c1F. The van der Waals surface area contributed by atoms with Gasteiger partial charge in [-0.15, -0.1) is 0 Å². The van der Waals surface area contributed by atoms with Gasteiger partial charge in [0, 0.05) is 5.56 Å². The standard InChI is InChI=1S/C14H10BrF3/c1-8-2-7-11(17)12(14(8)18)13(15)9-3-5-10(16)6-4-9/h2-7,13H,1H3. The first-order valence-electron chi connectivity index (χ1n) is 5.34. The maximum absolute atomic E-state index is 13.9. The second kappa shape index (κ2) is 5.14. The van der Waals surface area contributed by atoms with Crippen molar-refractivity contribution in [2.24, 2.45) is 0 Å². The van der Waals surface area contributed by atoms with Crippen molar-refractivity contribution in [3.8, 4) is 0 Å². The maximum atomic E-state index is 13.9. The molecule has 0 radical (unpaired) electrons. The molecule has 2 rings (SSSR count). The molecule has 0 heterocycles. The normalized spacial score (nSPS) is 12.5. The molecule has 18 heavy (non-hydrogen) atoms. The summed E-state index contributed by atoms with van der Waals surface area (Å²) >= 11 is 3.25. The van der Waals surface area contributed by atoms with Crippen molar-refractivity contribution < 1.29 is 13.2 Å². The van der Waals surface area contributed by atoms with Gasteiger partial charge >= 0.3 is 0 Å². The monoisotopic (exact) mass is 314 g/mol. The summed E-state index contributed by atoms with van der Waals surface area (Å²) in [6, 6.07) is 8.13. The Kier molecular flexibility index (Phi) is 3.76. The highest BCUT2D eigenvalue weighted by Gasteiger charge is 2.20. The lowest BCUT2D eigenvalue weighted by molar-refractivity contribution is 0.555. The van der Waals surface area contributed by atoms with Gasteiger partial charge in [0.15, 0.2) is 0 Å². The van der Waals surface area contributed by atoms with E-state index in [4.69, 9.17) is 0 Å². The second-order valence-electron chi connectivity index (χ2n) is 4.01. The molecule has 0 aliphatic rings. The minimum absolute atomic E-state index is 0.0541. The van der Waals surface area contributed by atoms with Gasteiger partial charge in [-0.05, 0) is 36.2 Å². The largest absolute Gasteiger partial charge is 0.207 e. The van der Waals surface area contributed by atoms with Crippen molar-refractivity contribution in [3.05, 3.63) is 70.5 Å². The molecule has 0 amide bonds. The van der Waals surface area contributed by atoms with E-state index in [9.17, 15) is 13.2 Å². The van der Waals surface area contributed by atoms with Crippen LogP contribution in [0.2, 0.25) is 0 Å². The van der Waals surface area contributed by atoms with Crippen molar-refractivity contribution in [1.29, 1.82) is 0 Å². The van der Waals surface area contributed by atoms with Crippen LogP contribution in [0.1, 0.15) is 21.5 Å². The summed E-state index contributed by atoms with van der Waals surface area (Å²) < 4.78 is 40.4. The lowest BCUT2D eigenvalue weighted by Crippen LogP contribution is -2.02. The molecule has 0 aromatic heterocycles. The minimum atomic E-state index is -0.641. The fraction of sp³-hybridized carbons (Fsp3) is 0.143. The zero-order chi connectivity index (χ0) is 13.3. The molecule has 0 saturated heterocycles. The third-order valence-electron chi connectivity index (χ3n) is 2.74. The molecule has 4 heteroatoms. The van der Waals surface area contributed by atoms with E-state index in [-0.39, 0.29) is 11.4 Å². The van der Waals surface area contributed by atoms with Crippen molar-refractivity contribution in [1.82, 2.24) is 0 Å². The average molecular weight is 315 g/mol. The second-order valence-corrected chi connectivity index (χ2v) is 4.92. The van der Waals surface area contributed by atoms with Crippen LogP contribution in [0.4, 0.5) is 13.2 Å². The average Bonchev–Trinajstić information content (AvgIpc) is 2.35. The van der Waals surface area contributed by atoms with Crippen LogP contribution in [0.25, 0.3) is 0 Å². The fourth-order valence-corrected chi connectivity index (χ4v) is 2.43. The van der Waals surface area contributed by atoms with Gasteiger partial charge in [-0.25, -0.2) is 13.2 Å². The van der Waals surface area contributed by atoms with E-state index in [0.29, 0.717) is 11.1 Å². The summed E-state index contributed by atoms with van der Waals surface area (Å²) in [5, 5.41) is 0. The maximum Gasteiger partial charge on any atom is 0.133 e. The Morgan fingerprint density at radius 2 is 1.56 bits per heavy atom. The number of halogens is 4. The molecule has 0 bridgehead atoms. The van der Waals surface area contributed by atoms with Crippen molar-refractivity contribution >= 4 is 15.9 Å². The van der Waals surface area contributed by atoms with Gasteiger partial charge in [0.1, 0.15) is 17.5 Å². The molecule has 2 aromatic rings. The lowest BCUT2D eigenvalue weighted by atomic mass is 10.0. The summed E-state index contributed by atoms with van der Waals surface area (Å²) in [7, 11) is 0. The van der Waals surface area contributed by atoms with E-state index in [1.54, 1.807) is 6.92 Å². The number of hydrogen-bond donors (Lipinski definition) is 0. The summed E-state index contributed by atoms with van der Waals surface area (Å²) in [5.74, 6) is -1.59. The Balaban J connectivity index is 2.49. The number of aryl methyl sites for hydroxylation is 1. The predicted molar refractivity (Wildman–Crippen MR) is 68.3 cm³/mol. The van der Waals surface area contributed by atoms with Crippen LogP contribution in [0.5, 0.6) is 0 Å². The van der Waals surface area contributed by atoms with E-state index in [1.807, 2.05) is 0 Å². The molecule has 0 aliphatic heterocycles. The molecular formula is C14H10BrF3. The Hall–Kier alpha value is -1.29. The fourth-order valence-electron chi connectivity index (χ4n) is 1.71. The third kappa shape index (κ3) is 2.43. The number of rotatable bonds is 2. The van der Waals surface area contributed by atoms with Gasteiger partial charge in [-0.2, -0.15) is 0 Å². The highest BCUT2D eigenvalue weighted by atomic mass is 79.9. The Morgan fingerprint density at radius 1 is 0.944 bits per heavy atom. The first kappa shape index (κ1) is 13.1. The van der Waals surface area contributed by atoms with Gasteiger partial charge in [0.05, 0.1) is 4.83 Å². The minimum Gasteiger partial charge on any atom is -0.207 e. The molecule has 0 nitrogen and oxygen atoms in total. The van der Waals surface area contributed by atoms with Crippen LogP contribution >= 0.6 is 15.9 Å². The molecule has 1 atom stereocenters. The van der Waals surface area contributed by atoms with Crippen LogP contribution in [-0.2, 0) is 0 Å². The van der Waals surface area contributed by atoms with Gasteiger partial charge < -0.3 is 0 Å². The molecule has 0 spiro atoms. The zero-order valence-corrected chi connectivity index (χ0v) is 11.1.